The minimum Gasteiger partial charge on any atom is -0.310 e. The second-order valence-electron chi connectivity index (χ2n) is 2.45. The molecule has 0 fully saturated rings. The predicted octanol–water partition coefficient (Wildman–Crippen LogP) is 0.379. The smallest absolute Gasteiger partial charge is 0.163 e. The van der Waals surface area contributed by atoms with Crippen LogP contribution >= 0.6 is 0 Å². The van der Waals surface area contributed by atoms with E-state index in [-0.39, 0.29) is 5.78 Å². The molecule has 0 aromatic rings. The van der Waals surface area contributed by atoms with Gasteiger partial charge in [0.15, 0.2) is 5.78 Å². The fraction of sp³-hybridized carbons (Fsp3) is 0.857. The van der Waals surface area contributed by atoms with Gasteiger partial charge in [0.25, 0.3) is 0 Å². The number of hydrogen-bond donors (Lipinski definition) is 2. The molecule has 0 aliphatic carbocycles. The van der Waals surface area contributed by atoms with Crippen molar-refractivity contribution in [3.05, 3.63) is 0 Å². The van der Waals surface area contributed by atoms with Crippen LogP contribution in [-0.4, -0.2) is 11.9 Å². The van der Waals surface area contributed by atoms with Crippen molar-refractivity contribution in [1.82, 2.24) is 0 Å². The van der Waals surface area contributed by atoms with Crippen LogP contribution in [-0.2, 0) is 4.79 Å². The molecular weight excluding hydrogens is 128 g/mol. The van der Waals surface area contributed by atoms with Gasteiger partial charge in [-0.15, -0.1) is 0 Å². The Hall–Kier alpha value is -0.410. The van der Waals surface area contributed by atoms with E-state index in [0.717, 1.165) is 19.3 Å². The van der Waals surface area contributed by atoms with Gasteiger partial charge in [-0.25, -0.2) is 0 Å². The van der Waals surface area contributed by atoms with Gasteiger partial charge in [-0.05, 0) is 6.42 Å². The Morgan fingerprint density at radius 3 is 2.40 bits per heavy atom. The van der Waals surface area contributed by atoms with Crippen molar-refractivity contribution < 1.29 is 4.79 Å². The number of carbonyl (C=O) groups is 1. The third-order valence-corrected chi connectivity index (χ3v) is 1.40. The average Bonchev–Trinajstić information content (AvgIpc) is 1.88. The number of Topliss-reactive ketones (excluding diaryl/α,β-unsaturated/α-hetero) is 1. The molecule has 0 saturated heterocycles. The van der Waals surface area contributed by atoms with Gasteiger partial charge < -0.3 is 11.5 Å². The van der Waals surface area contributed by atoms with Crippen LogP contribution < -0.4 is 11.5 Å². The molecule has 0 unspecified atom stereocenters. The maximum atomic E-state index is 10.8. The van der Waals surface area contributed by atoms with Crippen molar-refractivity contribution in [2.75, 3.05) is 0 Å². The van der Waals surface area contributed by atoms with Crippen LogP contribution in [0, 0.1) is 0 Å². The molecule has 0 heterocycles. The minimum absolute atomic E-state index is 0.0338. The van der Waals surface area contributed by atoms with Gasteiger partial charge >= 0.3 is 0 Å². The molecule has 0 aliphatic rings. The van der Waals surface area contributed by atoms with Crippen LogP contribution in [0.25, 0.3) is 0 Å². The highest BCUT2D eigenvalue weighted by Crippen LogP contribution is 1.99. The number of carbonyl (C=O) groups excluding carboxylic acids is 1. The van der Waals surface area contributed by atoms with Gasteiger partial charge in [0.05, 0.1) is 0 Å². The van der Waals surface area contributed by atoms with Crippen LogP contribution in [0.5, 0.6) is 0 Å². The summed E-state index contributed by atoms with van der Waals surface area (Å²) < 4.78 is 0. The largest absolute Gasteiger partial charge is 0.310 e. The zero-order valence-corrected chi connectivity index (χ0v) is 6.47. The molecule has 0 radical (unpaired) electrons. The molecule has 3 heteroatoms. The molecule has 4 N–H and O–H groups in total. The molecule has 60 valence electrons. The number of unbranched alkanes of at least 4 members (excludes halogenated alkanes) is 2. The molecule has 0 saturated carbocycles. The molecular formula is C7H16N2O. The normalized spacial score (nSPS) is 10.4. The van der Waals surface area contributed by atoms with Crippen LogP contribution in [0.1, 0.15) is 32.6 Å². The Labute approximate surface area is 61.8 Å². The van der Waals surface area contributed by atoms with Crippen molar-refractivity contribution in [2.45, 2.75) is 38.8 Å². The lowest BCUT2D eigenvalue weighted by Crippen LogP contribution is -2.38. The van der Waals surface area contributed by atoms with E-state index >= 15 is 0 Å². The lowest BCUT2D eigenvalue weighted by Gasteiger charge is -2.02. The van der Waals surface area contributed by atoms with Crippen molar-refractivity contribution in [2.24, 2.45) is 11.5 Å². The first-order valence-electron chi connectivity index (χ1n) is 3.72. The van der Waals surface area contributed by atoms with Gasteiger partial charge in [-0.2, -0.15) is 0 Å². The van der Waals surface area contributed by atoms with Crippen LogP contribution in [0.2, 0.25) is 0 Å². The Balaban J connectivity index is 3.22. The Morgan fingerprint density at radius 2 is 2.00 bits per heavy atom. The standard InChI is InChI=1S/C7H16N2O/c1-2-3-4-5-6(10)7(8)9/h7H,2-5,8-9H2,1H3. The van der Waals surface area contributed by atoms with E-state index in [0.29, 0.717) is 6.42 Å². The molecule has 0 rings (SSSR count). The minimum atomic E-state index is -0.767. The third-order valence-electron chi connectivity index (χ3n) is 1.40. The predicted molar refractivity (Wildman–Crippen MR) is 41.3 cm³/mol. The van der Waals surface area contributed by atoms with Crippen LogP contribution in [0.15, 0.2) is 0 Å². The summed E-state index contributed by atoms with van der Waals surface area (Å²) in [6, 6.07) is 0. The van der Waals surface area contributed by atoms with Crippen molar-refractivity contribution in [1.29, 1.82) is 0 Å². The summed E-state index contributed by atoms with van der Waals surface area (Å²) in [6.45, 7) is 2.09. The molecule has 0 amide bonds. The van der Waals surface area contributed by atoms with Crippen molar-refractivity contribution in [3.63, 3.8) is 0 Å². The summed E-state index contributed by atoms with van der Waals surface area (Å²) in [7, 11) is 0. The quantitative estimate of drug-likeness (QED) is 0.433. The van der Waals surface area contributed by atoms with E-state index < -0.39 is 6.17 Å². The zero-order chi connectivity index (χ0) is 7.98. The maximum Gasteiger partial charge on any atom is 0.163 e. The van der Waals surface area contributed by atoms with E-state index in [1.54, 1.807) is 0 Å². The summed E-state index contributed by atoms with van der Waals surface area (Å²) >= 11 is 0. The summed E-state index contributed by atoms with van der Waals surface area (Å²) in [5.74, 6) is -0.0338. The number of ketones is 1. The second-order valence-corrected chi connectivity index (χ2v) is 2.45. The Bertz CT molecular complexity index is 102. The molecule has 10 heavy (non-hydrogen) atoms. The highest BCUT2D eigenvalue weighted by Gasteiger charge is 2.05. The SMILES string of the molecule is CCCCCC(=O)C(N)N. The second kappa shape index (κ2) is 5.38. The molecule has 3 nitrogen and oxygen atoms in total. The Morgan fingerprint density at radius 1 is 1.40 bits per heavy atom. The van der Waals surface area contributed by atoms with Crippen LogP contribution in [0.4, 0.5) is 0 Å². The Kier molecular flexibility index (Phi) is 5.16. The molecule has 0 bridgehead atoms. The number of nitrogens with two attached hydrogens (primary N) is 2. The molecule has 0 aromatic heterocycles. The summed E-state index contributed by atoms with van der Waals surface area (Å²) in [5.41, 5.74) is 10.3. The van der Waals surface area contributed by atoms with Gasteiger partial charge in [0, 0.05) is 6.42 Å². The summed E-state index contributed by atoms with van der Waals surface area (Å²) in [6.07, 6.45) is 2.88. The first kappa shape index (κ1) is 9.59. The topological polar surface area (TPSA) is 69.1 Å². The lowest BCUT2D eigenvalue weighted by atomic mass is 10.1. The molecule has 0 aromatic carbocycles. The maximum absolute atomic E-state index is 10.8. The van der Waals surface area contributed by atoms with E-state index in [1.165, 1.54) is 0 Å². The molecule has 0 atom stereocenters. The van der Waals surface area contributed by atoms with Gasteiger partial charge in [-0.3, -0.25) is 4.79 Å². The van der Waals surface area contributed by atoms with Crippen molar-refractivity contribution in [3.8, 4) is 0 Å². The van der Waals surface area contributed by atoms with Gasteiger partial charge in [0.1, 0.15) is 6.17 Å². The fourth-order valence-corrected chi connectivity index (χ4v) is 0.716. The molecule has 0 spiro atoms. The fourth-order valence-electron chi connectivity index (χ4n) is 0.716. The van der Waals surface area contributed by atoms with Crippen molar-refractivity contribution >= 4 is 5.78 Å². The zero-order valence-electron chi connectivity index (χ0n) is 6.47. The lowest BCUT2D eigenvalue weighted by molar-refractivity contribution is -0.120. The average molecular weight is 144 g/mol. The number of hydrogen-bond acceptors (Lipinski definition) is 3. The first-order valence-corrected chi connectivity index (χ1v) is 3.72. The van der Waals surface area contributed by atoms with E-state index in [4.69, 9.17) is 11.5 Å². The highest BCUT2D eigenvalue weighted by molar-refractivity contribution is 5.82. The number of rotatable bonds is 5. The summed E-state index contributed by atoms with van der Waals surface area (Å²) in [5, 5.41) is 0. The first-order chi connectivity index (χ1) is 4.68. The summed E-state index contributed by atoms with van der Waals surface area (Å²) in [4.78, 5) is 10.8. The van der Waals surface area contributed by atoms with E-state index in [1.807, 2.05) is 0 Å². The van der Waals surface area contributed by atoms with E-state index in [2.05, 4.69) is 6.92 Å². The molecule has 0 aliphatic heterocycles. The van der Waals surface area contributed by atoms with Crippen LogP contribution in [0.3, 0.4) is 0 Å². The monoisotopic (exact) mass is 144 g/mol. The van der Waals surface area contributed by atoms with Gasteiger partial charge in [0.2, 0.25) is 0 Å². The highest BCUT2D eigenvalue weighted by atomic mass is 16.1. The van der Waals surface area contributed by atoms with Gasteiger partial charge in [-0.1, -0.05) is 19.8 Å². The third kappa shape index (κ3) is 4.47. The van der Waals surface area contributed by atoms with E-state index in [9.17, 15) is 4.79 Å².